The van der Waals surface area contributed by atoms with E-state index in [9.17, 15) is 0 Å². The Morgan fingerprint density at radius 2 is 1.88 bits per heavy atom. The summed E-state index contributed by atoms with van der Waals surface area (Å²) in [5.74, 6) is 0.773. The molecular formula is C16H26N. The van der Waals surface area contributed by atoms with Gasteiger partial charge in [0.15, 0.2) is 0 Å². The third-order valence-corrected chi connectivity index (χ3v) is 3.34. The highest BCUT2D eigenvalue weighted by atomic mass is 15.1. The molecule has 1 aromatic rings. The van der Waals surface area contributed by atoms with Crippen LogP contribution in [0.3, 0.4) is 0 Å². The standard InChI is InChI=1S/C16H26N/c1-13(2)10-11-15-8-6-7-9-16(15)12-17(5)14(3)4/h6,8-9,13-14H,10-12H2,1-5H3. The lowest BCUT2D eigenvalue weighted by molar-refractivity contribution is 0.265. The number of benzene rings is 1. The fraction of sp³-hybridized carbons (Fsp3) is 0.625. The molecule has 0 heterocycles. The van der Waals surface area contributed by atoms with Gasteiger partial charge in [-0.05, 0) is 62.9 Å². The van der Waals surface area contributed by atoms with E-state index >= 15 is 0 Å². The topological polar surface area (TPSA) is 3.24 Å². The number of hydrogen-bond donors (Lipinski definition) is 0. The van der Waals surface area contributed by atoms with E-state index in [0.29, 0.717) is 6.04 Å². The lowest BCUT2D eigenvalue weighted by Gasteiger charge is -2.22. The third kappa shape index (κ3) is 4.91. The molecule has 0 bridgehead atoms. The van der Waals surface area contributed by atoms with Gasteiger partial charge in [0.1, 0.15) is 0 Å². The average Bonchev–Trinajstić information content (AvgIpc) is 2.27. The molecule has 17 heavy (non-hydrogen) atoms. The molecule has 1 nitrogen and oxygen atoms in total. The summed E-state index contributed by atoms with van der Waals surface area (Å²) >= 11 is 0. The van der Waals surface area contributed by atoms with Crippen LogP contribution in [0, 0.1) is 12.0 Å². The molecule has 0 atom stereocenters. The summed E-state index contributed by atoms with van der Waals surface area (Å²) in [5.41, 5.74) is 2.93. The van der Waals surface area contributed by atoms with E-state index in [1.807, 2.05) is 6.07 Å². The van der Waals surface area contributed by atoms with E-state index in [0.717, 1.165) is 12.5 Å². The number of rotatable bonds is 6. The molecule has 1 heteroatoms. The summed E-state index contributed by atoms with van der Waals surface area (Å²) in [4.78, 5) is 2.38. The van der Waals surface area contributed by atoms with Gasteiger partial charge >= 0.3 is 0 Å². The molecule has 0 fully saturated rings. The summed E-state index contributed by atoms with van der Waals surface area (Å²) < 4.78 is 0. The normalized spacial score (nSPS) is 11.8. The molecule has 0 N–H and O–H groups in total. The van der Waals surface area contributed by atoms with Crippen LogP contribution in [-0.2, 0) is 13.0 Å². The van der Waals surface area contributed by atoms with E-state index in [1.165, 1.54) is 24.0 Å². The lowest BCUT2D eigenvalue weighted by atomic mass is 9.98. The van der Waals surface area contributed by atoms with Gasteiger partial charge in [-0.1, -0.05) is 26.0 Å². The minimum Gasteiger partial charge on any atom is -0.300 e. The number of nitrogens with zero attached hydrogens (tertiary/aromatic N) is 1. The van der Waals surface area contributed by atoms with E-state index in [2.05, 4.69) is 57.8 Å². The number of aryl methyl sites for hydroxylation is 1. The summed E-state index contributed by atoms with van der Waals surface area (Å²) in [5, 5.41) is 0. The Hall–Kier alpha value is -0.820. The predicted octanol–water partition coefficient (Wildman–Crippen LogP) is 3.92. The first kappa shape index (κ1) is 14.2. The van der Waals surface area contributed by atoms with Gasteiger partial charge in [0.25, 0.3) is 0 Å². The van der Waals surface area contributed by atoms with Crippen molar-refractivity contribution in [1.82, 2.24) is 4.90 Å². The maximum Gasteiger partial charge on any atom is 0.0236 e. The van der Waals surface area contributed by atoms with Gasteiger partial charge in [0.2, 0.25) is 0 Å². The molecule has 0 aromatic heterocycles. The van der Waals surface area contributed by atoms with Crippen molar-refractivity contribution in [2.45, 2.75) is 53.1 Å². The van der Waals surface area contributed by atoms with Crippen LogP contribution in [-0.4, -0.2) is 18.0 Å². The number of hydrogen-bond acceptors (Lipinski definition) is 1. The highest BCUT2D eigenvalue weighted by molar-refractivity contribution is 5.26. The molecule has 0 saturated carbocycles. The van der Waals surface area contributed by atoms with Crippen LogP contribution in [0.4, 0.5) is 0 Å². The molecule has 0 spiro atoms. The van der Waals surface area contributed by atoms with Crippen molar-refractivity contribution in [3.05, 3.63) is 35.4 Å². The second kappa shape index (κ2) is 6.80. The zero-order valence-electron chi connectivity index (χ0n) is 12.0. The smallest absolute Gasteiger partial charge is 0.0236 e. The van der Waals surface area contributed by atoms with Crippen LogP contribution in [0.15, 0.2) is 18.2 Å². The quantitative estimate of drug-likeness (QED) is 0.718. The zero-order chi connectivity index (χ0) is 12.8. The third-order valence-electron chi connectivity index (χ3n) is 3.34. The van der Waals surface area contributed by atoms with Crippen molar-refractivity contribution >= 4 is 0 Å². The van der Waals surface area contributed by atoms with Crippen LogP contribution in [0.1, 0.15) is 45.2 Å². The Kier molecular flexibility index (Phi) is 5.70. The van der Waals surface area contributed by atoms with Crippen molar-refractivity contribution in [2.24, 2.45) is 5.92 Å². The van der Waals surface area contributed by atoms with Gasteiger partial charge in [-0.3, -0.25) is 4.90 Å². The first-order valence-corrected chi connectivity index (χ1v) is 6.68. The first-order valence-electron chi connectivity index (χ1n) is 6.68. The molecule has 0 unspecified atom stereocenters. The second-order valence-electron chi connectivity index (χ2n) is 5.64. The highest BCUT2D eigenvalue weighted by Gasteiger charge is 2.08. The minimum absolute atomic E-state index is 0.591. The average molecular weight is 232 g/mol. The Bertz CT molecular complexity index is 328. The summed E-state index contributed by atoms with van der Waals surface area (Å²) in [6, 6.07) is 10.2. The maximum absolute atomic E-state index is 3.21. The minimum atomic E-state index is 0.591. The molecule has 0 aliphatic rings. The predicted molar refractivity (Wildman–Crippen MR) is 75.0 cm³/mol. The van der Waals surface area contributed by atoms with E-state index < -0.39 is 0 Å². The molecule has 0 aliphatic carbocycles. The largest absolute Gasteiger partial charge is 0.300 e. The van der Waals surface area contributed by atoms with Gasteiger partial charge in [-0.15, -0.1) is 0 Å². The van der Waals surface area contributed by atoms with Gasteiger partial charge < -0.3 is 0 Å². The van der Waals surface area contributed by atoms with Crippen molar-refractivity contribution in [3.63, 3.8) is 0 Å². The van der Waals surface area contributed by atoms with Crippen LogP contribution >= 0.6 is 0 Å². The van der Waals surface area contributed by atoms with Crippen LogP contribution in [0.25, 0.3) is 0 Å². The molecule has 95 valence electrons. The van der Waals surface area contributed by atoms with E-state index in [-0.39, 0.29) is 0 Å². The fourth-order valence-electron chi connectivity index (χ4n) is 1.78. The zero-order valence-corrected chi connectivity index (χ0v) is 12.0. The summed E-state index contributed by atoms with van der Waals surface area (Å²) in [7, 11) is 2.18. The van der Waals surface area contributed by atoms with Crippen molar-refractivity contribution < 1.29 is 0 Å². The Balaban J connectivity index is 2.70. The molecule has 1 radical (unpaired) electrons. The molecular weight excluding hydrogens is 206 g/mol. The summed E-state index contributed by atoms with van der Waals surface area (Å²) in [6.07, 6.45) is 2.45. The van der Waals surface area contributed by atoms with Crippen molar-refractivity contribution in [2.75, 3.05) is 7.05 Å². The molecule has 1 aromatic carbocycles. The van der Waals surface area contributed by atoms with Crippen LogP contribution < -0.4 is 0 Å². The van der Waals surface area contributed by atoms with Crippen molar-refractivity contribution in [1.29, 1.82) is 0 Å². The Labute approximate surface area is 107 Å². The SMILES string of the molecule is CC(C)CCc1cc[c]cc1CN(C)C(C)C. The van der Waals surface area contributed by atoms with E-state index in [1.54, 1.807) is 0 Å². The highest BCUT2D eigenvalue weighted by Crippen LogP contribution is 2.16. The lowest BCUT2D eigenvalue weighted by Crippen LogP contribution is -2.26. The molecule has 0 aliphatic heterocycles. The monoisotopic (exact) mass is 232 g/mol. The Morgan fingerprint density at radius 3 is 2.47 bits per heavy atom. The van der Waals surface area contributed by atoms with Gasteiger partial charge in [0.05, 0.1) is 0 Å². The molecule has 0 amide bonds. The van der Waals surface area contributed by atoms with Crippen LogP contribution in [0.2, 0.25) is 0 Å². The van der Waals surface area contributed by atoms with Gasteiger partial charge in [-0.25, -0.2) is 0 Å². The van der Waals surface area contributed by atoms with Crippen molar-refractivity contribution in [3.8, 4) is 0 Å². The fourth-order valence-corrected chi connectivity index (χ4v) is 1.78. The first-order chi connectivity index (χ1) is 8.00. The molecule has 0 saturated heterocycles. The van der Waals surface area contributed by atoms with Gasteiger partial charge in [0, 0.05) is 12.6 Å². The maximum atomic E-state index is 3.21. The second-order valence-corrected chi connectivity index (χ2v) is 5.64. The van der Waals surface area contributed by atoms with Crippen LogP contribution in [0.5, 0.6) is 0 Å². The summed E-state index contributed by atoms with van der Waals surface area (Å²) in [6.45, 7) is 10.1. The molecule has 1 rings (SSSR count). The van der Waals surface area contributed by atoms with E-state index in [4.69, 9.17) is 0 Å². The van der Waals surface area contributed by atoms with Gasteiger partial charge in [-0.2, -0.15) is 0 Å². The Morgan fingerprint density at radius 1 is 1.18 bits per heavy atom.